The summed E-state index contributed by atoms with van der Waals surface area (Å²) in [5.41, 5.74) is 1.53. The van der Waals surface area contributed by atoms with E-state index >= 15 is 0 Å². The zero-order valence-electron chi connectivity index (χ0n) is 5.23. The number of nitrogens with two attached hydrogens (primary N) is 1. The Morgan fingerprint density at radius 2 is 2.30 bits per heavy atom. The number of nitrogens with zero attached hydrogens (tertiary/aromatic N) is 3. The summed E-state index contributed by atoms with van der Waals surface area (Å²) >= 11 is 0. The van der Waals surface area contributed by atoms with Gasteiger partial charge in [-0.25, -0.2) is 14.6 Å². The largest absolute Gasteiger partial charge is 0.338 e. The smallest absolute Gasteiger partial charge is 0.179 e. The van der Waals surface area contributed by atoms with Gasteiger partial charge in [-0.15, -0.1) is 0 Å². The Morgan fingerprint density at radius 3 is 3.10 bits per heavy atom. The first-order valence-corrected chi connectivity index (χ1v) is 2.91. The summed E-state index contributed by atoms with van der Waals surface area (Å²) in [5, 5.41) is 0. The molecule has 0 unspecified atom stereocenters. The van der Waals surface area contributed by atoms with Gasteiger partial charge in [0.05, 0.1) is 0 Å². The van der Waals surface area contributed by atoms with Crippen LogP contribution in [0, 0.1) is 0 Å². The van der Waals surface area contributed by atoms with Gasteiger partial charge in [0.1, 0.15) is 11.8 Å². The molecule has 2 aromatic rings. The number of imidazole rings is 1. The molecule has 4 nitrogen and oxygen atoms in total. The molecule has 4 heteroatoms. The van der Waals surface area contributed by atoms with Crippen molar-refractivity contribution in [2.45, 2.75) is 0 Å². The van der Waals surface area contributed by atoms with Gasteiger partial charge in [-0.2, -0.15) is 0 Å². The van der Waals surface area contributed by atoms with Crippen molar-refractivity contribution in [1.29, 1.82) is 0 Å². The van der Waals surface area contributed by atoms with E-state index in [1.807, 2.05) is 12.1 Å². The standard InChI is InChI=1S/C6H6N4/c7-10-4-9-6-5(10)2-1-3-8-6/h1-4H,7H2. The highest BCUT2D eigenvalue weighted by molar-refractivity contribution is 5.70. The van der Waals surface area contributed by atoms with E-state index in [1.54, 1.807) is 6.20 Å². The van der Waals surface area contributed by atoms with E-state index in [0.29, 0.717) is 5.65 Å². The van der Waals surface area contributed by atoms with Crippen LogP contribution in [0.4, 0.5) is 0 Å². The lowest BCUT2D eigenvalue weighted by Gasteiger charge is -1.89. The number of fused-ring (bicyclic) bond motifs is 1. The normalized spacial score (nSPS) is 10.4. The van der Waals surface area contributed by atoms with Crippen molar-refractivity contribution >= 4 is 11.2 Å². The van der Waals surface area contributed by atoms with Gasteiger partial charge < -0.3 is 5.84 Å². The number of aromatic nitrogens is 3. The second-order valence-corrected chi connectivity index (χ2v) is 2.00. The summed E-state index contributed by atoms with van der Waals surface area (Å²) in [5.74, 6) is 5.49. The molecule has 0 aliphatic rings. The van der Waals surface area contributed by atoms with Gasteiger partial charge >= 0.3 is 0 Å². The number of rotatable bonds is 0. The minimum atomic E-state index is 0.685. The molecule has 0 atom stereocenters. The molecule has 0 saturated heterocycles. The van der Waals surface area contributed by atoms with Gasteiger partial charge in [0.15, 0.2) is 5.65 Å². The fourth-order valence-electron chi connectivity index (χ4n) is 0.869. The highest BCUT2D eigenvalue weighted by atomic mass is 15.3. The van der Waals surface area contributed by atoms with Gasteiger partial charge in [0.25, 0.3) is 0 Å². The lowest BCUT2D eigenvalue weighted by molar-refractivity contribution is 1.04. The third-order valence-corrected chi connectivity index (χ3v) is 1.35. The van der Waals surface area contributed by atoms with Crippen LogP contribution in [0.3, 0.4) is 0 Å². The third kappa shape index (κ3) is 0.556. The van der Waals surface area contributed by atoms with E-state index in [1.165, 1.54) is 11.0 Å². The van der Waals surface area contributed by atoms with Crippen LogP contribution in [0.2, 0.25) is 0 Å². The van der Waals surface area contributed by atoms with Gasteiger partial charge in [-0.1, -0.05) is 0 Å². The summed E-state index contributed by atoms with van der Waals surface area (Å²) in [6.45, 7) is 0. The van der Waals surface area contributed by atoms with E-state index in [2.05, 4.69) is 9.97 Å². The second-order valence-electron chi connectivity index (χ2n) is 2.00. The number of nitrogen functional groups attached to an aromatic ring is 1. The van der Waals surface area contributed by atoms with Gasteiger partial charge in [-0.05, 0) is 12.1 Å². The van der Waals surface area contributed by atoms with Crippen molar-refractivity contribution in [3.8, 4) is 0 Å². The number of hydrogen-bond acceptors (Lipinski definition) is 3. The topological polar surface area (TPSA) is 56.7 Å². The zero-order chi connectivity index (χ0) is 6.97. The molecule has 2 heterocycles. The van der Waals surface area contributed by atoms with Gasteiger partial charge in [-0.3, -0.25) is 0 Å². The molecule has 0 aliphatic carbocycles. The van der Waals surface area contributed by atoms with Crippen LogP contribution in [0.25, 0.3) is 11.2 Å². The molecule has 0 bridgehead atoms. The van der Waals surface area contributed by atoms with Crippen molar-refractivity contribution in [3.63, 3.8) is 0 Å². The van der Waals surface area contributed by atoms with Crippen molar-refractivity contribution in [3.05, 3.63) is 24.7 Å². The third-order valence-electron chi connectivity index (χ3n) is 1.35. The van der Waals surface area contributed by atoms with Gasteiger partial charge in [0.2, 0.25) is 0 Å². The summed E-state index contributed by atoms with van der Waals surface area (Å²) in [6, 6.07) is 3.70. The van der Waals surface area contributed by atoms with E-state index in [-0.39, 0.29) is 0 Å². The maximum atomic E-state index is 5.49. The Morgan fingerprint density at radius 1 is 1.40 bits per heavy atom. The molecule has 2 rings (SSSR count). The molecule has 0 aromatic carbocycles. The van der Waals surface area contributed by atoms with Crippen molar-refractivity contribution in [1.82, 2.24) is 14.6 Å². The first-order valence-electron chi connectivity index (χ1n) is 2.91. The summed E-state index contributed by atoms with van der Waals surface area (Å²) < 4.78 is 1.45. The quantitative estimate of drug-likeness (QED) is 0.521. The highest BCUT2D eigenvalue weighted by Crippen LogP contribution is 2.04. The fraction of sp³-hybridized carbons (Fsp3) is 0. The van der Waals surface area contributed by atoms with Gasteiger partial charge in [0, 0.05) is 6.20 Å². The monoisotopic (exact) mass is 134 g/mol. The molecule has 2 aromatic heterocycles. The molecule has 0 aliphatic heterocycles. The Balaban J connectivity index is 2.93. The molecular formula is C6H6N4. The average molecular weight is 134 g/mol. The predicted octanol–water partition coefficient (Wildman–Crippen LogP) is 0.145. The number of pyridine rings is 1. The van der Waals surface area contributed by atoms with E-state index in [4.69, 9.17) is 5.84 Å². The van der Waals surface area contributed by atoms with Crippen molar-refractivity contribution in [2.75, 3.05) is 5.84 Å². The highest BCUT2D eigenvalue weighted by Gasteiger charge is 1.96. The average Bonchev–Trinajstić information content (AvgIpc) is 2.34. The molecule has 0 fully saturated rings. The van der Waals surface area contributed by atoms with E-state index in [0.717, 1.165) is 5.52 Å². The van der Waals surface area contributed by atoms with Crippen molar-refractivity contribution < 1.29 is 0 Å². The summed E-state index contributed by atoms with van der Waals surface area (Å²) in [6.07, 6.45) is 3.23. The lowest BCUT2D eigenvalue weighted by atomic mass is 10.4. The molecule has 50 valence electrons. The minimum absolute atomic E-state index is 0.685. The number of hydrogen-bond donors (Lipinski definition) is 1. The first kappa shape index (κ1) is 5.22. The van der Waals surface area contributed by atoms with E-state index in [9.17, 15) is 0 Å². The SMILES string of the molecule is Nn1cnc2ncccc21. The van der Waals surface area contributed by atoms with Crippen molar-refractivity contribution in [2.24, 2.45) is 0 Å². The summed E-state index contributed by atoms with van der Waals surface area (Å²) in [7, 11) is 0. The van der Waals surface area contributed by atoms with Crippen LogP contribution in [0.1, 0.15) is 0 Å². The predicted molar refractivity (Wildman–Crippen MR) is 37.7 cm³/mol. The Labute approximate surface area is 57.3 Å². The van der Waals surface area contributed by atoms with Crippen LogP contribution in [0.15, 0.2) is 24.7 Å². The first-order chi connectivity index (χ1) is 4.88. The Kier molecular flexibility index (Phi) is 0.887. The van der Waals surface area contributed by atoms with Crippen LogP contribution >= 0.6 is 0 Å². The maximum Gasteiger partial charge on any atom is 0.179 e. The maximum absolute atomic E-state index is 5.49. The molecular weight excluding hydrogens is 128 g/mol. The molecule has 0 spiro atoms. The second kappa shape index (κ2) is 1.70. The minimum Gasteiger partial charge on any atom is -0.338 e. The summed E-state index contributed by atoms with van der Waals surface area (Å²) in [4.78, 5) is 7.94. The Bertz CT molecular complexity index is 351. The van der Waals surface area contributed by atoms with E-state index < -0.39 is 0 Å². The zero-order valence-corrected chi connectivity index (χ0v) is 5.23. The van der Waals surface area contributed by atoms with Crippen LogP contribution in [-0.2, 0) is 0 Å². The molecule has 0 radical (unpaired) electrons. The Hall–Kier alpha value is -1.58. The molecule has 0 saturated carbocycles. The molecule has 0 amide bonds. The molecule has 2 N–H and O–H groups in total. The van der Waals surface area contributed by atoms with Crippen LogP contribution < -0.4 is 5.84 Å². The van der Waals surface area contributed by atoms with Crippen LogP contribution in [0.5, 0.6) is 0 Å². The van der Waals surface area contributed by atoms with Crippen LogP contribution in [-0.4, -0.2) is 14.6 Å². The fourth-order valence-corrected chi connectivity index (χ4v) is 0.869. The lowest BCUT2D eigenvalue weighted by Crippen LogP contribution is -2.04. The molecule has 10 heavy (non-hydrogen) atoms.